The summed E-state index contributed by atoms with van der Waals surface area (Å²) in [6, 6.07) is 2.30. The Labute approximate surface area is 165 Å². The molecule has 0 saturated carbocycles. The molecule has 1 aliphatic carbocycles. The summed E-state index contributed by atoms with van der Waals surface area (Å²) in [6.07, 6.45) is 4.91. The van der Waals surface area contributed by atoms with Crippen molar-refractivity contribution in [3.8, 4) is 10.7 Å². The van der Waals surface area contributed by atoms with Crippen LogP contribution in [0.25, 0.3) is 10.7 Å². The fourth-order valence-corrected chi connectivity index (χ4v) is 5.36. The Balaban J connectivity index is 1.52. The number of nitrogens with zero attached hydrogens (tertiary/aromatic N) is 6. The van der Waals surface area contributed by atoms with Crippen molar-refractivity contribution in [1.29, 1.82) is 0 Å². The molecule has 0 radical (unpaired) electrons. The first-order valence-electron chi connectivity index (χ1n) is 8.93. The smallest absolute Gasteiger partial charge is 0.225 e. The molecule has 3 aromatic rings. The van der Waals surface area contributed by atoms with Crippen molar-refractivity contribution < 1.29 is 0 Å². The summed E-state index contributed by atoms with van der Waals surface area (Å²) in [5, 5.41) is 9.56. The van der Waals surface area contributed by atoms with Gasteiger partial charge in [-0.25, -0.2) is 0 Å². The van der Waals surface area contributed by atoms with Crippen molar-refractivity contribution in [2.24, 2.45) is 13.0 Å². The van der Waals surface area contributed by atoms with Crippen LogP contribution in [-0.2, 0) is 25.6 Å². The van der Waals surface area contributed by atoms with Gasteiger partial charge in [0.1, 0.15) is 5.82 Å². The molecule has 0 fully saturated rings. The summed E-state index contributed by atoms with van der Waals surface area (Å²) in [5.41, 5.74) is 12.7. The van der Waals surface area contributed by atoms with E-state index in [0.717, 1.165) is 16.9 Å². The van der Waals surface area contributed by atoms with Gasteiger partial charge in [0.25, 0.3) is 0 Å². The quantitative estimate of drug-likeness (QED) is 0.625. The molecule has 27 heavy (non-hydrogen) atoms. The molecule has 3 heterocycles. The summed E-state index contributed by atoms with van der Waals surface area (Å²) in [5.74, 6) is 3.01. The van der Waals surface area contributed by atoms with E-state index >= 15 is 0 Å². The van der Waals surface area contributed by atoms with Crippen molar-refractivity contribution in [3.05, 3.63) is 22.3 Å². The minimum atomic E-state index is 0.131. The van der Waals surface area contributed by atoms with E-state index in [-0.39, 0.29) is 11.9 Å². The number of anilines is 2. The summed E-state index contributed by atoms with van der Waals surface area (Å²) in [7, 11) is 1.99. The highest BCUT2D eigenvalue weighted by atomic mass is 32.2. The van der Waals surface area contributed by atoms with Crippen LogP contribution in [0.1, 0.15) is 36.0 Å². The molecule has 0 aliphatic heterocycles. The predicted molar refractivity (Wildman–Crippen MR) is 108 cm³/mol. The average molecular weight is 403 g/mol. The third-order valence-electron chi connectivity index (χ3n) is 4.86. The minimum Gasteiger partial charge on any atom is -0.368 e. The molecular weight excluding hydrogens is 380 g/mol. The fourth-order valence-electron chi connectivity index (χ4n) is 3.36. The van der Waals surface area contributed by atoms with Gasteiger partial charge in [-0.3, -0.25) is 0 Å². The molecule has 0 unspecified atom stereocenters. The summed E-state index contributed by atoms with van der Waals surface area (Å²) in [6.45, 7) is 2.28. The largest absolute Gasteiger partial charge is 0.368 e. The van der Waals surface area contributed by atoms with Gasteiger partial charge in [-0.2, -0.15) is 15.0 Å². The molecule has 3 aromatic heterocycles. The van der Waals surface area contributed by atoms with Gasteiger partial charge >= 0.3 is 0 Å². The molecule has 4 rings (SSSR count). The van der Waals surface area contributed by atoms with Crippen molar-refractivity contribution in [1.82, 2.24) is 29.7 Å². The topological polar surface area (TPSA) is 121 Å². The van der Waals surface area contributed by atoms with Gasteiger partial charge in [0, 0.05) is 11.9 Å². The SMILES string of the molecule is CC[C@@H]1CCc2sc(-c3nnc(SCc4nc(N)nc(N)n4)n3C)cc2C1. The van der Waals surface area contributed by atoms with Crippen LogP contribution < -0.4 is 11.5 Å². The number of aryl methyl sites for hydroxylation is 1. The van der Waals surface area contributed by atoms with Gasteiger partial charge in [0.05, 0.1) is 10.6 Å². The summed E-state index contributed by atoms with van der Waals surface area (Å²) in [4.78, 5) is 14.7. The van der Waals surface area contributed by atoms with E-state index in [2.05, 4.69) is 38.1 Å². The van der Waals surface area contributed by atoms with Gasteiger partial charge in [-0.15, -0.1) is 21.5 Å². The minimum absolute atomic E-state index is 0.131. The first-order chi connectivity index (χ1) is 13.0. The van der Waals surface area contributed by atoms with Crippen LogP contribution in [0.15, 0.2) is 11.2 Å². The Morgan fingerprint density at radius 3 is 2.74 bits per heavy atom. The summed E-state index contributed by atoms with van der Waals surface area (Å²) >= 11 is 3.35. The van der Waals surface area contributed by atoms with E-state index < -0.39 is 0 Å². The lowest BCUT2D eigenvalue weighted by Crippen LogP contribution is -2.10. The first kappa shape index (κ1) is 18.2. The molecule has 0 spiro atoms. The second-order valence-electron chi connectivity index (χ2n) is 6.70. The standard InChI is InChI=1S/C17H22N8S2/c1-3-9-4-5-11-10(6-9)7-12(27-11)14-23-24-17(25(14)2)26-8-13-20-15(18)22-16(19)21-13/h7,9H,3-6,8H2,1-2H3,(H4,18,19,20,21,22)/t9-/m1/s1. The molecule has 1 aliphatic rings. The van der Waals surface area contributed by atoms with Crippen molar-refractivity contribution in [2.45, 2.75) is 43.5 Å². The number of aromatic nitrogens is 6. The number of hydrogen-bond donors (Lipinski definition) is 2. The van der Waals surface area contributed by atoms with E-state index in [4.69, 9.17) is 11.5 Å². The molecule has 142 valence electrons. The monoisotopic (exact) mass is 402 g/mol. The lowest BCUT2D eigenvalue weighted by molar-refractivity contribution is 0.449. The number of fused-ring (bicyclic) bond motifs is 1. The van der Waals surface area contributed by atoms with Crippen molar-refractivity contribution in [3.63, 3.8) is 0 Å². The number of thiophene rings is 1. The van der Waals surface area contributed by atoms with Gasteiger partial charge in [-0.05, 0) is 36.8 Å². The molecule has 1 atom stereocenters. The van der Waals surface area contributed by atoms with Gasteiger partial charge < -0.3 is 16.0 Å². The Hall–Kier alpha value is -2.20. The Morgan fingerprint density at radius 2 is 2.00 bits per heavy atom. The number of nitrogens with two attached hydrogens (primary N) is 2. The normalized spacial score (nSPS) is 16.4. The van der Waals surface area contributed by atoms with Crippen molar-refractivity contribution >= 4 is 35.0 Å². The second-order valence-corrected chi connectivity index (χ2v) is 8.78. The number of hydrogen-bond acceptors (Lipinski definition) is 9. The number of thioether (sulfide) groups is 1. The highest BCUT2D eigenvalue weighted by Crippen LogP contribution is 2.38. The van der Waals surface area contributed by atoms with Crippen LogP contribution in [0.2, 0.25) is 0 Å². The third kappa shape index (κ3) is 3.77. The number of rotatable bonds is 5. The Kier molecular flexibility index (Phi) is 5.00. The van der Waals surface area contributed by atoms with Gasteiger partial charge in [0.15, 0.2) is 11.0 Å². The fraction of sp³-hybridized carbons (Fsp3) is 0.471. The lowest BCUT2D eigenvalue weighted by Gasteiger charge is -2.19. The van der Waals surface area contributed by atoms with Crippen LogP contribution in [-0.4, -0.2) is 29.7 Å². The van der Waals surface area contributed by atoms with Gasteiger partial charge in [-0.1, -0.05) is 25.1 Å². The highest BCUT2D eigenvalue weighted by Gasteiger charge is 2.22. The molecule has 0 saturated heterocycles. The van der Waals surface area contributed by atoms with E-state index in [1.54, 1.807) is 0 Å². The number of nitrogen functional groups attached to an aromatic ring is 2. The van der Waals surface area contributed by atoms with E-state index in [1.165, 1.54) is 52.8 Å². The molecule has 0 bridgehead atoms. The molecule has 10 heteroatoms. The predicted octanol–water partition coefficient (Wildman–Crippen LogP) is 2.70. The van der Waals surface area contributed by atoms with Crippen LogP contribution in [0, 0.1) is 5.92 Å². The Morgan fingerprint density at radius 1 is 1.22 bits per heavy atom. The highest BCUT2D eigenvalue weighted by molar-refractivity contribution is 7.98. The maximum Gasteiger partial charge on any atom is 0.225 e. The van der Waals surface area contributed by atoms with E-state index in [9.17, 15) is 0 Å². The van der Waals surface area contributed by atoms with Gasteiger partial charge in [0.2, 0.25) is 11.9 Å². The molecule has 8 nitrogen and oxygen atoms in total. The maximum absolute atomic E-state index is 5.62. The maximum atomic E-state index is 5.62. The van der Waals surface area contributed by atoms with Crippen LogP contribution in [0.3, 0.4) is 0 Å². The zero-order valence-corrected chi connectivity index (χ0v) is 17.0. The summed E-state index contributed by atoms with van der Waals surface area (Å²) < 4.78 is 2.02. The molecule has 0 amide bonds. The lowest BCUT2D eigenvalue weighted by atomic mass is 9.87. The van der Waals surface area contributed by atoms with Crippen molar-refractivity contribution in [2.75, 3.05) is 11.5 Å². The molecule has 4 N–H and O–H groups in total. The van der Waals surface area contributed by atoms with E-state index in [1.807, 2.05) is 23.0 Å². The third-order valence-corrected chi connectivity index (χ3v) is 7.11. The van der Waals surface area contributed by atoms with Crippen LogP contribution in [0.5, 0.6) is 0 Å². The zero-order chi connectivity index (χ0) is 19.0. The zero-order valence-electron chi connectivity index (χ0n) is 15.3. The van der Waals surface area contributed by atoms with Crippen LogP contribution >= 0.6 is 23.1 Å². The van der Waals surface area contributed by atoms with Crippen LogP contribution in [0.4, 0.5) is 11.9 Å². The first-order valence-corrected chi connectivity index (χ1v) is 10.7. The molecular formula is C17H22N8S2. The Bertz CT molecular complexity index is 944. The second kappa shape index (κ2) is 7.43. The average Bonchev–Trinajstić information content (AvgIpc) is 3.21. The van der Waals surface area contributed by atoms with E-state index in [0.29, 0.717) is 11.6 Å². The molecule has 0 aromatic carbocycles.